The summed E-state index contributed by atoms with van der Waals surface area (Å²) in [4.78, 5) is 22.1. The van der Waals surface area contributed by atoms with Gasteiger partial charge in [0.15, 0.2) is 5.58 Å². The molecule has 0 saturated heterocycles. The van der Waals surface area contributed by atoms with Gasteiger partial charge in [0, 0.05) is 5.56 Å². The van der Waals surface area contributed by atoms with E-state index in [0.717, 1.165) is 0 Å². The number of hydrogen-bond donors (Lipinski definition) is 2. The highest BCUT2D eigenvalue weighted by Gasteiger charge is 2.12. The van der Waals surface area contributed by atoms with Gasteiger partial charge < -0.3 is 4.42 Å². The molecule has 0 atom stereocenters. The highest BCUT2D eigenvalue weighted by molar-refractivity contribution is 6.35. The topological polar surface area (TPSA) is 126 Å². The molecule has 22 heavy (non-hydrogen) atoms. The van der Waals surface area contributed by atoms with E-state index in [0.29, 0.717) is 38.9 Å². The number of H-pyrrole nitrogens is 2. The first-order chi connectivity index (χ1) is 10.7. The zero-order chi connectivity index (χ0) is 15.1. The minimum Gasteiger partial charge on any atom is -0.406 e. The molecule has 2 N–H and O–H groups in total. The summed E-state index contributed by atoms with van der Waals surface area (Å²) in [5, 5.41) is 13.9. The lowest BCUT2D eigenvalue weighted by molar-refractivity contribution is 0.555. The molecule has 0 radical (unpaired) electrons. The molecule has 3 heterocycles. The van der Waals surface area contributed by atoms with Crippen LogP contribution < -0.4 is 5.76 Å². The average molecular weight is 316 g/mol. The largest absolute Gasteiger partial charge is 0.417 e. The van der Waals surface area contributed by atoms with Crippen LogP contribution in [0.1, 0.15) is 0 Å². The van der Waals surface area contributed by atoms with Gasteiger partial charge in [-0.2, -0.15) is 5.21 Å². The van der Waals surface area contributed by atoms with Crippen molar-refractivity contribution >= 4 is 22.7 Å². The zero-order valence-electron chi connectivity index (χ0n) is 10.7. The molecule has 0 saturated carbocycles. The second kappa shape index (κ2) is 4.74. The first-order valence-electron chi connectivity index (χ1n) is 6.09. The number of rotatable bonds is 2. The number of benzene rings is 1. The van der Waals surface area contributed by atoms with Gasteiger partial charge >= 0.3 is 5.76 Å². The lowest BCUT2D eigenvalue weighted by Crippen LogP contribution is -1.93. The summed E-state index contributed by atoms with van der Waals surface area (Å²) >= 11 is 6.13. The van der Waals surface area contributed by atoms with E-state index in [9.17, 15) is 4.79 Å². The van der Waals surface area contributed by atoms with Crippen LogP contribution in [-0.2, 0) is 0 Å². The number of nitrogens with one attached hydrogen (secondary N) is 2. The van der Waals surface area contributed by atoms with Crippen molar-refractivity contribution in [1.82, 2.24) is 35.6 Å². The van der Waals surface area contributed by atoms with Crippen LogP contribution in [0.2, 0.25) is 5.02 Å². The summed E-state index contributed by atoms with van der Waals surface area (Å²) in [7, 11) is 0. The molecule has 4 aromatic rings. The molecule has 10 heteroatoms. The fourth-order valence-electron chi connectivity index (χ4n) is 2.07. The van der Waals surface area contributed by atoms with Crippen molar-refractivity contribution in [3.8, 4) is 22.8 Å². The third kappa shape index (κ3) is 2.04. The monoisotopic (exact) mass is 315 g/mol. The Morgan fingerprint density at radius 2 is 2.00 bits per heavy atom. The lowest BCUT2D eigenvalue weighted by Gasteiger charge is -2.03. The summed E-state index contributed by atoms with van der Waals surface area (Å²) in [5.41, 5.74) is 2.60. The Labute approximate surface area is 126 Å². The van der Waals surface area contributed by atoms with Gasteiger partial charge in [-0.25, -0.2) is 14.8 Å². The molecule has 4 rings (SSSR count). The van der Waals surface area contributed by atoms with E-state index in [4.69, 9.17) is 16.0 Å². The van der Waals surface area contributed by atoms with Crippen molar-refractivity contribution in [3.05, 3.63) is 40.1 Å². The number of fused-ring (bicyclic) bond motifs is 1. The highest BCUT2D eigenvalue weighted by Crippen LogP contribution is 2.29. The normalized spacial score (nSPS) is 11.1. The molecule has 0 unspecified atom stereocenters. The minimum atomic E-state index is -0.566. The van der Waals surface area contributed by atoms with Crippen molar-refractivity contribution in [3.63, 3.8) is 0 Å². The third-order valence-corrected chi connectivity index (χ3v) is 3.29. The molecule has 0 aliphatic heterocycles. The summed E-state index contributed by atoms with van der Waals surface area (Å²) < 4.78 is 4.96. The number of halogens is 1. The van der Waals surface area contributed by atoms with Gasteiger partial charge in [-0.05, 0) is 23.4 Å². The summed E-state index contributed by atoms with van der Waals surface area (Å²) in [6.07, 6.45) is 1.39. The van der Waals surface area contributed by atoms with Crippen LogP contribution in [0, 0.1) is 0 Å². The number of aromatic amines is 2. The van der Waals surface area contributed by atoms with E-state index >= 15 is 0 Å². The first-order valence-corrected chi connectivity index (χ1v) is 6.47. The lowest BCUT2D eigenvalue weighted by atomic mass is 10.1. The Kier molecular flexibility index (Phi) is 2.73. The summed E-state index contributed by atoms with van der Waals surface area (Å²) in [5.74, 6) is -0.211. The zero-order valence-corrected chi connectivity index (χ0v) is 11.5. The number of aromatic nitrogens is 7. The second-order valence-electron chi connectivity index (χ2n) is 4.37. The average Bonchev–Trinajstić information content (AvgIpc) is 3.16. The molecular weight excluding hydrogens is 310 g/mol. The van der Waals surface area contributed by atoms with E-state index in [-0.39, 0.29) is 0 Å². The quantitative estimate of drug-likeness (QED) is 0.572. The van der Waals surface area contributed by atoms with Crippen LogP contribution in [0.15, 0.2) is 33.7 Å². The second-order valence-corrected chi connectivity index (χ2v) is 4.78. The van der Waals surface area contributed by atoms with E-state index in [1.807, 2.05) is 0 Å². The molecular formula is C12H6ClN7O2. The van der Waals surface area contributed by atoms with Crippen LogP contribution in [0.4, 0.5) is 0 Å². The van der Waals surface area contributed by atoms with Gasteiger partial charge in [0.2, 0.25) is 5.82 Å². The van der Waals surface area contributed by atoms with Crippen molar-refractivity contribution in [2.24, 2.45) is 0 Å². The van der Waals surface area contributed by atoms with Crippen molar-refractivity contribution in [2.45, 2.75) is 0 Å². The van der Waals surface area contributed by atoms with Crippen molar-refractivity contribution in [1.29, 1.82) is 0 Å². The molecule has 0 fully saturated rings. The highest BCUT2D eigenvalue weighted by atomic mass is 35.5. The van der Waals surface area contributed by atoms with Crippen molar-refractivity contribution < 1.29 is 4.42 Å². The van der Waals surface area contributed by atoms with Crippen LogP contribution in [0.25, 0.3) is 33.9 Å². The molecule has 0 aliphatic carbocycles. The van der Waals surface area contributed by atoms with E-state index in [2.05, 4.69) is 35.6 Å². The molecule has 0 bridgehead atoms. The fraction of sp³-hybridized carbons (Fsp3) is 0. The fourth-order valence-corrected chi connectivity index (χ4v) is 2.33. The number of tetrazole rings is 1. The smallest absolute Gasteiger partial charge is 0.406 e. The maximum Gasteiger partial charge on any atom is 0.417 e. The standard InChI is InChI=1S/C12H6ClN7O2/c13-6-1-5(2-8-10(6)22-12(21)16-8)7-3-9(15-4-14-7)11-17-19-20-18-11/h1-4H,(H,16,21)(H,17,18,19,20). The SMILES string of the molecule is O=c1[nH]c2cc(-c3cc(-c4nn[nH]n4)ncn3)cc(Cl)c2o1. The molecule has 0 spiro atoms. The molecule has 0 amide bonds. The first kappa shape index (κ1) is 12.7. The van der Waals surface area contributed by atoms with Crippen LogP contribution >= 0.6 is 11.6 Å². The molecule has 0 aliphatic rings. The Bertz CT molecular complexity index is 1020. The third-order valence-electron chi connectivity index (χ3n) is 3.01. The van der Waals surface area contributed by atoms with Crippen LogP contribution in [0.5, 0.6) is 0 Å². The Morgan fingerprint density at radius 1 is 1.14 bits per heavy atom. The van der Waals surface area contributed by atoms with Crippen molar-refractivity contribution in [2.75, 3.05) is 0 Å². The van der Waals surface area contributed by atoms with E-state index in [1.165, 1.54) is 6.33 Å². The van der Waals surface area contributed by atoms with Gasteiger partial charge in [-0.1, -0.05) is 11.6 Å². The van der Waals surface area contributed by atoms with Crippen LogP contribution in [-0.4, -0.2) is 35.6 Å². The number of oxazole rings is 1. The van der Waals surface area contributed by atoms with E-state index < -0.39 is 5.76 Å². The predicted molar refractivity (Wildman–Crippen MR) is 76.0 cm³/mol. The maximum atomic E-state index is 11.3. The summed E-state index contributed by atoms with van der Waals surface area (Å²) in [6, 6.07) is 5.07. The molecule has 108 valence electrons. The molecule has 3 aromatic heterocycles. The minimum absolute atomic E-state index is 0.308. The summed E-state index contributed by atoms with van der Waals surface area (Å²) in [6.45, 7) is 0. The van der Waals surface area contributed by atoms with Gasteiger partial charge in [0.25, 0.3) is 0 Å². The number of hydrogen-bond acceptors (Lipinski definition) is 7. The Morgan fingerprint density at radius 3 is 2.82 bits per heavy atom. The van der Waals surface area contributed by atoms with Gasteiger partial charge in [-0.3, -0.25) is 4.98 Å². The van der Waals surface area contributed by atoms with Gasteiger partial charge in [0.05, 0.1) is 16.2 Å². The Balaban J connectivity index is 1.88. The number of nitrogens with zero attached hydrogens (tertiary/aromatic N) is 5. The maximum absolute atomic E-state index is 11.3. The Hall–Kier alpha value is -3.07. The van der Waals surface area contributed by atoms with Crippen LogP contribution in [0.3, 0.4) is 0 Å². The van der Waals surface area contributed by atoms with Gasteiger partial charge in [-0.15, -0.1) is 10.2 Å². The molecule has 1 aromatic carbocycles. The predicted octanol–water partition coefficient (Wildman–Crippen LogP) is 1.41. The van der Waals surface area contributed by atoms with E-state index in [1.54, 1.807) is 18.2 Å². The van der Waals surface area contributed by atoms with Gasteiger partial charge in [0.1, 0.15) is 12.0 Å². The molecule has 9 nitrogen and oxygen atoms in total.